The number of thiophene rings is 1. The predicted octanol–water partition coefficient (Wildman–Crippen LogP) is 0.512. The van der Waals surface area contributed by atoms with Crippen LogP contribution in [0.15, 0.2) is 16.8 Å². The van der Waals surface area contributed by atoms with Crippen LogP contribution in [0.4, 0.5) is 0 Å². The molecule has 3 N–H and O–H groups in total. The van der Waals surface area contributed by atoms with Crippen LogP contribution in [0.3, 0.4) is 0 Å². The average Bonchev–Trinajstić information content (AvgIpc) is 2.94. The van der Waals surface area contributed by atoms with Crippen molar-refractivity contribution in [3.63, 3.8) is 0 Å². The number of hydrogen-bond acceptors (Lipinski definition) is 5. The Kier molecular flexibility index (Phi) is 3.96. The monoisotopic (exact) mass is 266 g/mol. The van der Waals surface area contributed by atoms with Crippen molar-refractivity contribution in [2.45, 2.75) is 24.9 Å². The van der Waals surface area contributed by atoms with E-state index in [0.29, 0.717) is 12.1 Å². The number of rotatable bonds is 5. The van der Waals surface area contributed by atoms with E-state index in [2.05, 4.69) is 32.1 Å². The number of hydrazine groups is 1. The number of nitrogens with one attached hydrogen (secondary N) is 1. The number of hydrogen-bond donors (Lipinski definition) is 2. The Hall–Kier alpha value is -0.460. The van der Waals surface area contributed by atoms with Crippen molar-refractivity contribution in [3.05, 3.63) is 22.4 Å². The molecule has 3 saturated heterocycles. The number of piperazine rings is 3. The molecule has 0 amide bonds. The van der Waals surface area contributed by atoms with Gasteiger partial charge < -0.3 is 0 Å². The summed E-state index contributed by atoms with van der Waals surface area (Å²) in [5, 5.41) is 4.39. The lowest BCUT2D eigenvalue weighted by Gasteiger charge is -2.50. The van der Waals surface area contributed by atoms with Gasteiger partial charge in [-0.3, -0.25) is 21.1 Å². The molecule has 0 aromatic carbocycles. The van der Waals surface area contributed by atoms with E-state index in [9.17, 15) is 0 Å². The van der Waals surface area contributed by atoms with Crippen LogP contribution >= 0.6 is 11.3 Å². The van der Waals surface area contributed by atoms with Crippen LogP contribution in [-0.4, -0.2) is 54.6 Å². The normalized spacial score (nSPS) is 32.6. The summed E-state index contributed by atoms with van der Waals surface area (Å²) in [6, 6.07) is 3.22. The molecule has 4 nitrogen and oxygen atoms in total. The molecule has 18 heavy (non-hydrogen) atoms. The van der Waals surface area contributed by atoms with Crippen molar-refractivity contribution < 1.29 is 0 Å². The zero-order valence-corrected chi connectivity index (χ0v) is 11.5. The molecular weight excluding hydrogens is 244 g/mol. The zero-order chi connectivity index (χ0) is 12.4. The Balaban J connectivity index is 1.58. The second kappa shape index (κ2) is 5.67. The van der Waals surface area contributed by atoms with Crippen LogP contribution in [0.5, 0.6) is 0 Å². The van der Waals surface area contributed by atoms with Gasteiger partial charge in [0.05, 0.1) is 0 Å². The Morgan fingerprint density at radius 3 is 2.78 bits per heavy atom. The van der Waals surface area contributed by atoms with Crippen LogP contribution in [0, 0.1) is 0 Å². The van der Waals surface area contributed by atoms with Gasteiger partial charge >= 0.3 is 0 Å². The van der Waals surface area contributed by atoms with E-state index in [4.69, 9.17) is 5.84 Å². The highest BCUT2D eigenvalue weighted by atomic mass is 32.1. The van der Waals surface area contributed by atoms with Gasteiger partial charge in [0.2, 0.25) is 0 Å². The molecule has 1 aromatic rings. The van der Waals surface area contributed by atoms with Gasteiger partial charge in [0.15, 0.2) is 0 Å². The van der Waals surface area contributed by atoms with E-state index in [-0.39, 0.29) is 0 Å². The molecule has 4 heterocycles. The van der Waals surface area contributed by atoms with Crippen molar-refractivity contribution in [3.8, 4) is 0 Å². The fourth-order valence-corrected chi connectivity index (χ4v) is 3.89. The second-order valence-corrected chi connectivity index (χ2v) is 6.13. The standard InChI is InChI=1S/C13H22N4S/c14-15-12(2-1-11-3-8-18-10-11)13-9-16-4-6-17(13)7-5-16/h3,8,10,12-13,15H,1-2,4-7,9,14H2. The molecule has 0 spiro atoms. The van der Waals surface area contributed by atoms with Crippen LogP contribution < -0.4 is 11.3 Å². The molecule has 0 radical (unpaired) electrons. The highest BCUT2D eigenvalue weighted by Crippen LogP contribution is 2.20. The van der Waals surface area contributed by atoms with Crippen molar-refractivity contribution in [2.24, 2.45) is 5.84 Å². The molecule has 100 valence electrons. The molecule has 0 aliphatic carbocycles. The van der Waals surface area contributed by atoms with E-state index in [1.165, 1.54) is 38.3 Å². The first-order valence-corrected chi connectivity index (χ1v) is 7.74. The zero-order valence-electron chi connectivity index (χ0n) is 10.7. The van der Waals surface area contributed by atoms with Gasteiger partial charge in [0, 0.05) is 44.8 Å². The molecule has 0 saturated carbocycles. The molecule has 3 fully saturated rings. The fraction of sp³-hybridized carbons (Fsp3) is 0.692. The largest absolute Gasteiger partial charge is 0.299 e. The van der Waals surface area contributed by atoms with Gasteiger partial charge in [-0.1, -0.05) is 0 Å². The minimum absolute atomic E-state index is 0.410. The number of nitrogens with zero attached hydrogens (tertiary/aromatic N) is 2. The first-order chi connectivity index (χ1) is 8.86. The Bertz CT molecular complexity index is 359. The van der Waals surface area contributed by atoms with Crippen LogP contribution in [-0.2, 0) is 6.42 Å². The highest BCUT2D eigenvalue weighted by molar-refractivity contribution is 7.07. The Morgan fingerprint density at radius 2 is 2.22 bits per heavy atom. The Morgan fingerprint density at radius 1 is 1.39 bits per heavy atom. The van der Waals surface area contributed by atoms with Crippen molar-refractivity contribution in [1.29, 1.82) is 0 Å². The number of aryl methyl sites for hydroxylation is 1. The van der Waals surface area contributed by atoms with Gasteiger partial charge in [0.1, 0.15) is 0 Å². The summed E-state index contributed by atoms with van der Waals surface area (Å²) in [4.78, 5) is 5.18. The minimum Gasteiger partial charge on any atom is -0.299 e. The first-order valence-electron chi connectivity index (χ1n) is 6.80. The average molecular weight is 266 g/mol. The third kappa shape index (κ3) is 2.60. The van der Waals surface area contributed by atoms with E-state index >= 15 is 0 Å². The van der Waals surface area contributed by atoms with Crippen molar-refractivity contribution >= 4 is 11.3 Å². The lowest BCUT2D eigenvalue weighted by molar-refractivity contribution is -0.00442. The summed E-state index contributed by atoms with van der Waals surface area (Å²) in [5.74, 6) is 5.78. The first kappa shape index (κ1) is 12.6. The molecule has 3 aliphatic rings. The minimum atomic E-state index is 0.410. The van der Waals surface area contributed by atoms with Crippen molar-refractivity contribution in [1.82, 2.24) is 15.2 Å². The third-order valence-electron chi connectivity index (χ3n) is 4.32. The molecule has 1 aromatic heterocycles. The molecule has 3 aliphatic heterocycles. The smallest absolute Gasteiger partial charge is 0.0391 e. The summed E-state index contributed by atoms with van der Waals surface area (Å²) in [5.41, 5.74) is 4.50. The quantitative estimate of drug-likeness (QED) is 0.602. The molecular formula is C13H22N4S. The van der Waals surface area contributed by atoms with Crippen molar-refractivity contribution in [2.75, 3.05) is 32.7 Å². The summed E-state index contributed by atoms with van der Waals surface area (Å²) in [6.45, 7) is 6.07. The van der Waals surface area contributed by atoms with Gasteiger partial charge in [-0.25, -0.2) is 0 Å². The maximum absolute atomic E-state index is 5.78. The van der Waals surface area contributed by atoms with Crippen LogP contribution in [0.1, 0.15) is 12.0 Å². The maximum Gasteiger partial charge on any atom is 0.0391 e. The highest BCUT2D eigenvalue weighted by Gasteiger charge is 2.36. The summed E-state index contributed by atoms with van der Waals surface area (Å²) >= 11 is 1.78. The molecule has 2 atom stereocenters. The van der Waals surface area contributed by atoms with Crippen LogP contribution in [0.25, 0.3) is 0 Å². The molecule has 5 heteroatoms. The molecule has 4 rings (SSSR count). The van der Waals surface area contributed by atoms with Gasteiger partial charge in [0.25, 0.3) is 0 Å². The fourth-order valence-electron chi connectivity index (χ4n) is 3.18. The van der Waals surface area contributed by atoms with Gasteiger partial charge in [-0.15, -0.1) is 0 Å². The lowest BCUT2D eigenvalue weighted by Crippen LogP contribution is -2.67. The topological polar surface area (TPSA) is 44.5 Å². The van der Waals surface area contributed by atoms with E-state index in [1.807, 2.05) is 0 Å². The summed E-state index contributed by atoms with van der Waals surface area (Å²) in [6.07, 6.45) is 2.25. The number of fused-ring (bicyclic) bond motifs is 3. The predicted molar refractivity (Wildman–Crippen MR) is 75.6 cm³/mol. The van der Waals surface area contributed by atoms with E-state index in [1.54, 1.807) is 11.3 Å². The van der Waals surface area contributed by atoms with Gasteiger partial charge in [-0.05, 0) is 35.2 Å². The number of nitrogens with two attached hydrogens (primary N) is 1. The van der Waals surface area contributed by atoms with Crippen LogP contribution in [0.2, 0.25) is 0 Å². The Labute approximate surface area is 113 Å². The van der Waals surface area contributed by atoms with Gasteiger partial charge in [-0.2, -0.15) is 11.3 Å². The van der Waals surface area contributed by atoms with E-state index in [0.717, 1.165) is 12.8 Å². The SMILES string of the molecule is NNC(CCc1ccsc1)C1CN2CCN1CC2. The molecule has 2 bridgehead atoms. The summed E-state index contributed by atoms with van der Waals surface area (Å²) < 4.78 is 0. The second-order valence-electron chi connectivity index (χ2n) is 5.35. The summed E-state index contributed by atoms with van der Waals surface area (Å²) in [7, 11) is 0. The third-order valence-corrected chi connectivity index (χ3v) is 5.06. The maximum atomic E-state index is 5.78. The van der Waals surface area contributed by atoms with E-state index < -0.39 is 0 Å². The lowest BCUT2D eigenvalue weighted by atomic mass is 9.96. The molecule has 2 unspecified atom stereocenters.